The summed E-state index contributed by atoms with van der Waals surface area (Å²) >= 11 is 0. The van der Waals surface area contributed by atoms with Gasteiger partial charge in [-0.2, -0.15) is 0 Å². The van der Waals surface area contributed by atoms with E-state index in [0.29, 0.717) is 5.56 Å². The Bertz CT molecular complexity index is 517. The van der Waals surface area contributed by atoms with E-state index < -0.39 is 36.7 Å². The molecule has 0 amide bonds. The number of esters is 1. The maximum Gasteiger partial charge on any atom is 0.338 e. The van der Waals surface area contributed by atoms with Crippen LogP contribution in [0.15, 0.2) is 43.0 Å². The fraction of sp³-hybridized carbons (Fsp3) is 0.471. The van der Waals surface area contributed by atoms with Gasteiger partial charge in [-0.25, -0.2) is 4.79 Å². The summed E-state index contributed by atoms with van der Waals surface area (Å²) in [6, 6.07) is 8.63. The van der Waals surface area contributed by atoms with Crippen molar-refractivity contribution >= 4 is 5.97 Å². The zero-order valence-corrected chi connectivity index (χ0v) is 13.3. The number of carbonyl (C=O) groups excluding carboxylic acids is 1. The Balaban J connectivity index is 2.08. The molecule has 1 aliphatic heterocycles. The topological polar surface area (TPSA) is 74.2 Å². The molecule has 126 valence electrons. The summed E-state index contributed by atoms with van der Waals surface area (Å²) in [5.74, 6) is -0.495. The lowest BCUT2D eigenvalue weighted by atomic mass is 9.99. The van der Waals surface area contributed by atoms with Crippen LogP contribution in [0.3, 0.4) is 0 Å². The highest BCUT2D eigenvalue weighted by molar-refractivity contribution is 5.89. The molecule has 0 radical (unpaired) electrons. The van der Waals surface area contributed by atoms with Crippen LogP contribution >= 0.6 is 0 Å². The Morgan fingerprint density at radius 1 is 1.35 bits per heavy atom. The van der Waals surface area contributed by atoms with Gasteiger partial charge in [0.25, 0.3) is 0 Å². The van der Waals surface area contributed by atoms with Crippen LogP contribution in [-0.2, 0) is 18.9 Å². The molecule has 1 aromatic rings. The highest BCUT2D eigenvalue weighted by atomic mass is 16.7. The van der Waals surface area contributed by atoms with Crippen LogP contribution in [0.4, 0.5) is 0 Å². The first-order chi connectivity index (χ1) is 11.1. The first kappa shape index (κ1) is 17.6. The van der Waals surface area contributed by atoms with Crippen molar-refractivity contribution in [2.45, 2.75) is 37.6 Å². The van der Waals surface area contributed by atoms with Gasteiger partial charge < -0.3 is 24.1 Å². The summed E-state index contributed by atoms with van der Waals surface area (Å²) in [6.07, 6.45) is -2.37. The molecule has 1 aromatic carbocycles. The normalized spacial score (nSPS) is 30.7. The Morgan fingerprint density at radius 3 is 2.65 bits per heavy atom. The second-order valence-corrected chi connectivity index (χ2v) is 5.26. The van der Waals surface area contributed by atoms with E-state index in [9.17, 15) is 9.90 Å². The molecule has 0 saturated carbocycles. The minimum absolute atomic E-state index is 0.235. The monoisotopic (exact) mass is 322 g/mol. The maximum atomic E-state index is 12.2. The van der Waals surface area contributed by atoms with Gasteiger partial charge in [0.1, 0.15) is 12.2 Å². The van der Waals surface area contributed by atoms with Crippen LogP contribution < -0.4 is 0 Å². The Kier molecular flexibility index (Phi) is 6.29. The average molecular weight is 322 g/mol. The maximum absolute atomic E-state index is 12.2. The standard InChI is InChI=1S/C17H22O6/c1-4-10-21-17-13(18)15(20-3)14(11(2)22-17)23-16(19)12-8-6-5-7-9-12/h4-9,11,13-15,17-18H,1,10H2,2-3H3/t11-,13-,14+,15-,17+/m1/s1. The second kappa shape index (κ2) is 8.21. The number of hydrogen-bond donors (Lipinski definition) is 1. The first-order valence-corrected chi connectivity index (χ1v) is 7.43. The summed E-state index contributed by atoms with van der Waals surface area (Å²) in [5, 5.41) is 10.3. The van der Waals surface area contributed by atoms with Crippen molar-refractivity contribution in [3.63, 3.8) is 0 Å². The zero-order valence-electron chi connectivity index (χ0n) is 13.3. The molecule has 0 aliphatic carbocycles. The Morgan fingerprint density at radius 2 is 2.04 bits per heavy atom. The third kappa shape index (κ3) is 4.17. The highest BCUT2D eigenvalue weighted by Crippen LogP contribution is 2.26. The molecule has 1 heterocycles. The summed E-state index contributed by atoms with van der Waals surface area (Å²) in [6.45, 7) is 5.53. The Labute approximate surface area is 135 Å². The van der Waals surface area contributed by atoms with E-state index in [1.54, 1.807) is 37.3 Å². The smallest absolute Gasteiger partial charge is 0.338 e. The van der Waals surface area contributed by atoms with E-state index in [2.05, 4.69) is 6.58 Å². The van der Waals surface area contributed by atoms with E-state index >= 15 is 0 Å². The first-order valence-electron chi connectivity index (χ1n) is 7.43. The van der Waals surface area contributed by atoms with E-state index in [1.807, 2.05) is 6.07 Å². The molecule has 0 unspecified atom stereocenters. The van der Waals surface area contributed by atoms with Crippen molar-refractivity contribution < 1.29 is 28.8 Å². The SMILES string of the molecule is C=CCO[C@H]1O[C@H](C)[C@H](OC(=O)c2ccccc2)[C@H](OC)[C@H]1O. The lowest BCUT2D eigenvalue weighted by Gasteiger charge is -2.42. The molecule has 23 heavy (non-hydrogen) atoms. The van der Waals surface area contributed by atoms with E-state index in [0.717, 1.165) is 0 Å². The van der Waals surface area contributed by atoms with E-state index in [4.69, 9.17) is 18.9 Å². The number of ether oxygens (including phenoxy) is 4. The zero-order chi connectivity index (χ0) is 16.8. The summed E-state index contributed by atoms with van der Waals surface area (Å²) in [7, 11) is 1.44. The van der Waals surface area contributed by atoms with Gasteiger partial charge in [0.15, 0.2) is 12.4 Å². The minimum atomic E-state index is -1.08. The molecule has 2 rings (SSSR count). The fourth-order valence-electron chi connectivity index (χ4n) is 2.49. The van der Waals surface area contributed by atoms with Gasteiger partial charge >= 0.3 is 5.97 Å². The largest absolute Gasteiger partial charge is 0.453 e. The molecular formula is C17H22O6. The number of benzene rings is 1. The van der Waals surface area contributed by atoms with Crippen LogP contribution in [-0.4, -0.2) is 55.5 Å². The molecule has 0 spiro atoms. The molecular weight excluding hydrogens is 300 g/mol. The predicted octanol–water partition coefficient (Wildman–Crippen LogP) is 1.54. The summed E-state index contributed by atoms with van der Waals surface area (Å²) in [4.78, 5) is 12.2. The number of aliphatic hydroxyl groups excluding tert-OH is 1. The third-order valence-electron chi connectivity index (χ3n) is 3.65. The molecule has 1 N–H and O–H groups in total. The van der Waals surface area contributed by atoms with Crippen LogP contribution in [0.25, 0.3) is 0 Å². The van der Waals surface area contributed by atoms with E-state index in [-0.39, 0.29) is 6.61 Å². The van der Waals surface area contributed by atoms with Gasteiger partial charge in [-0.1, -0.05) is 24.3 Å². The molecule has 1 fully saturated rings. The lowest BCUT2D eigenvalue weighted by molar-refractivity contribution is -0.293. The van der Waals surface area contributed by atoms with Gasteiger partial charge in [0, 0.05) is 7.11 Å². The van der Waals surface area contributed by atoms with Crippen LogP contribution in [0.2, 0.25) is 0 Å². The van der Waals surface area contributed by atoms with Crippen molar-refractivity contribution in [1.82, 2.24) is 0 Å². The molecule has 0 aromatic heterocycles. The number of hydrogen-bond acceptors (Lipinski definition) is 6. The van der Waals surface area contributed by atoms with Gasteiger partial charge in [0.2, 0.25) is 0 Å². The van der Waals surface area contributed by atoms with Crippen molar-refractivity contribution in [1.29, 1.82) is 0 Å². The third-order valence-corrected chi connectivity index (χ3v) is 3.65. The second-order valence-electron chi connectivity index (χ2n) is 5.26. The van der Waals surface area contributed by atoms with Crippen LogP contribution in [0, 0.1) is 0 Å². The van der Waals surface area contributed by atoms with Crippen LogP contribution in [0.1, 0.15) is 17.3 Å². The highest BCUT2D eigenvalue weighted by Gasteiger charge is 2.46. The fourth-order valence-corrected chi connectivity index (χ4v) is 2.49. The molecule has 0 bridgehead atoms. The number of aliphatic hydroxyl groups is 1. The minimum Gasteiger partial charge on any atom is -0.453 e. The number of carbonyl (C=O) groups is 1. The quantitative estimate of drug-likeness (QED) is 0.632. The van der Waals surface area contributed by atoms with Gasteiger partial charge in [0.05, 0.1) is 18.3 Å². The summed E-state index contributed by atoms with van der Waals surface area (Å²) < 4.78 is 21.8. The van der Waals surface area contributed by atoms with Gasteiger partial charge in [-0.3, -0.25) is 0 Å². The average Bonchev–Trinajstić information content (AvgIpc) is 2.57. The van der Waals surface area contributed by atoms with Gasteiger partial charge in [-0.15, -0.1) is 6.58 Å². The predicted molar refractivity (Wildman–Crippen MR) is 82.9 cm³/mol. The lowest BCUT2D eigenvalue weighted by Crippen LogP contribution is -2.59. The van der Waals surface area contributed by atoms with Gasteiger partial charge in [-0.05, 0) is 19.1 Å². The molecule has 6 heteroatoms. The molecule has 1 aliphatic rings. The van der Waals surface area contributed by atoms with E-state index in [1.165, 1.54) is 7.11 Å². The summed E-state index contributed by atoms with van der Waals surface area (Å²) in [5.41, 5.74) is 0.425. The van der Waals surface area contributed by atoms with Crippen molar-refractivity contribution in [2.24, 2.45) is 0 Å². The number of rotatable bonds is 6. The molecule has 1 saturated heterocycles. The van der Waals surface area contributed by atoms with Crippen LogP contribution in [0.5, 0.6) is 0 Å². The van der Waals surface area contributed by atoms with Crippen molar-refractivity contribution in [2.75, 3.05) is 13.7 Å². The molecule has 5 atom stereocenters. The van der Waals surface area contributed by atoms with Crippen molar-refractivity contribution in [3.8, 4) is 0 Å². The number of methoxy groups -OCH3 is 1. The van der Waals surface area contributed by atoms with Crippen molar-refractivity contribution in [3.05, 3.63) is 48.6 Å². The molecule has 6 nitrogen and oxygen atoms in total. The Hall–Kier alpha value is -1.73.